The van der Waals surface area contributed by atoms with E-state index in [1.807, 2.05) is 6.92 Å². The van der Waals surface area contributed by atoms with Gasteiger partial charge in [-0.05, 0) is 45.4 Å². The van der Waals surface area contributed by atoms with Gasteiger partial charge in [0.15, 0.2) is 0 Å². The maximum atomic E-state index is 12.0. The number of amides is 1. The van der Waals surface area contributed by atoms with E-state index in [0.717, 1.165) is 19.4 Å². The molecular weight excluding hydrogens is 232 g/mol. The quantitative estimate of drug-likeness (QED) is 0.867. The van der Waals surface area contributed by atoms with Gasteiger partial charge >= 0.3 is 0 Å². The van der Waals surface area contributed by atoms with E-state index in [1.165, 1.54) is 16.2 Å². The SMILES string of the molecule is Cc1ccc(C(C)NC(=O)C2CCCCN2)s1. The molecule has 0 radical (unpaired) electrons. The standard InChI is InChI=1S/C13H20N2OS/c1-9-6-7-12(17-9)10(2)15-13(16)11-5-3-4-8-14-11/h6-7,10-11,14H,3-5,8H2,1-2H3,(H,15,16). The highest BCUT2D eigenvalue weighted by Gasteiger charge is 2.22. The Morgan fingerprint density at radius 2 is 2.35 bits per heavy atom. The molecule has 3 nitrogen and oxygen atoms in total. The van der Waals surface area contributed by atoms with Crippen molar-refractivity contribution in [3.05, 3.63) is 21.9 Å². The van der Waals surface area contributed by atoms with Crippen molar-refractivity contribution in [3.8, 4) is 0 Å². The Morgan fingerprint density at radius 3 is 2.94 bits per heavy atom. The summed E-state index contributed by atoms with van der Waals surface area (Å²) in [5, 5.41) is 6.36. The summed E-state index contributed by atoms with van der Waals surface area (Å²) >= 11 is 1.75. The van der Waals surface area contributed by atoms with Crippen molar-refractivity contribution in [3.63, 3.8) is 0 Å². The Labute approximate surface area is 107 Å². The Hall–Kier alpha value is -0.870. The lowest BCUT2D eigenvalue weighted by atomic mass is 10.0. The molecule has 0 bridgehead atoms. The van der Waals surface area contributed by atoms with E-state index in [-0.39, 0.29) is 18.0 Å². The molecule has 1 fully saturated rings. The van der Waals surface area contributed by atoms with Crippen molar-refractivity contribution >= 4 is 17.2 Å². The van der Waals surface area contributed by atoms with Gasteiger partial charge in [0, 0.05) is 9.75 Å². The number of thiophene rings is 1. The first-order chi connectivity index (χ1) is 8.16. The van der Waals surface area contributed by atoms with Crippen LogP contribution in [-0.2, 0) is 4.79 Å². The zero-order chi connectivity index (χ0) is 12.3. The van der Waals surface area contributed by atoms with Crippen LogP contribution in [0.4, 0.5) is 0 Å². The summed E-state index contributed by atoms with van der Waals surface area (Å²) in [6, 6.07) is 4.32. The summed E-state index contributed by atoms with van der Waals surface area (Å²) in [4.78, 5) is 14.5. The van der Waals surface area contributed by atoms with E-state index in [9.17, 15) is 4.79 Å². The van der Waals surface area contributed by atoms with Gasteiger partial charge in [-0.3, -0.25) is 4.79 Å². The molecule has 2 rings (SSSR count). The van der Waals surface area contributed by atoms with Gasteiger partial charge in [0.25, 0.3) is 0 Å². The molecule has 0 aliphatic carbocycles. The maximum absolute atomic E-state index is 12.0. The third-order valence-electron chi connectivity index (χ3n) is 3.17. The smallest absolute Gasteiger partial charge is 0.237 e. The summed E-state index contributed by atoms with van der Waals surface area (Å²) < 4.78 is 0. The summed E-state index contributed by atoms with van der Waals surface area (Å²) in [7, 11) is 0. The second kappa shape index (κ2) is 5.65. The minimum absolute atomic E-state index is 0.00672. The highest BCUT2D eigenvalue weighted by atomic mass is 32.1. The van der Waals surface area contributed by atoms with Crippen LogP contribution in [0.1, 0.15) is 42.0 Å². The summed E-state index contributed by atoms with van der Waals surface area (Å²) in [6.07, 6.45) is 3.29. The Kier molecular flexibility index (Phi) is 4.18. The molecule has 1 amide bonds. The summed E-state index contributed by atoms with van der Waals surface area (Å²) in [5.41, 5.74) is 0. The van der Waals surface area contributed by atoms with Crippen molar-refractivity contribution in [1.29, 1.82) is 0 Å². The molecule has 1 aliphatic rings. The van der Waals surface area contributed by atoms with E-state index in [0.29, 0.717) is 0 Å². The molecule has 2 unspecified atom stereocenters. The van der Waals surface area contributed by atoms with Crippen LogP contribution in [0.5, 0.6) is 0 Å². The minimum Gasteiger partial charge on any atom is -0.347 e. The number of hydrogen-bond donors (Lipinski definition) is 2. The molecular formula is C13H20N2OS. The van der Waals surface area contributed by atoms with Crippen molar-refractivity contribution in [2.75, 3.05) is 6.54 Å². The van der Waals surface area contributed by atoms with Crippen LogP contribution >= 0.6 is 11.3 Å². The zero-order valence-corrected chi connectivity index (χ0v) is 11.3. The van der Waals surface area contributed by atoms with Crippen LogP contribution in [0.2, 0.25) is 0 Å². The first kappa shape index (κ1) is 12.6. The predicted octanol–water partition coefficient (Wildman–Crippen LogP) is 2.38. The number of aryl methyl sites for hydroxylation is 1. The molecule has 2 atom stereocenters. The van der Waals surface area contributed by atoms with Crippen molar-refractivity contribution in [2.45, 2.75) is 45.2 Å². The van der Waals surface area contributed by atoms with Gasteiger partial charge in [-0.1, -0.05) is 6.42 Å². The van der Waals surface area contributed by atoms with Crippen LogP contribution < -0.4 is 10.6 Å². The highest BCUT2D eigenvalue weighted by Crippen LogP contribution is 2.22. The van der Waals surface area contributed by atoms with Gasteiger partial charge in [-0.25, -0.2) is 0 Å². The molecule has 1 saturated heterocycles. The van der Waals surface area contributed by atoms with Crippen LogP contribution in [0, 0.1) is 6.92 Å². The minimum atomic E-state index is 0.00672. The molecule has 2 N–H and O–H groups in total. The van der Waals surface area contributed by atoms with Crippen LogP contribution in [-0.4, -0.2) is 18.5 Å². The second-order valence-corrected chi connectivity index (χ2v) is 6.00. The van der Waals surface area contributed by atoms with E-state index in [1.54, 1.807) is 11.3 Å². The Bertz CT molecular complexity index is 383. The van der Waals surface area contributed by atoms with Crippen LogP contribution in [0.25, 0.3) is 0 Å². The normalized spacial score (nSPS) is 22.1. The first-order valence-electron chi connectivity index (χ1n) is 6.27. The largest absolute Gasteiger partial charge is 0.347 e. The first-order valence-corrected chi connectivity index (χ1v) is 7.08. The average molecular weight is 252 g/mol. The fourth-order valence-corrected chi connectivity index (χ4v) is 3.03. The fourth-order valence-electron chi connectivity index (χ4n) is 2.15. The molecule has 2 heterocycles. The zero-order valence-electron chi connectivity index (χ0n) is 10.5. The average Bonchev–Trinajstić information content (AvgIpc) is 2.77. The van der Waals surface area contributed by atoms with E-state index < -0.39 is 0 Å². The molecule has 0 saturated carbocycles. The predicted molar refractivity (Wildman–Crippen MR) is 71.3 cm³/mol. The monoisotopic (exact) mass is 252 g/mol. The van der Waals surface area contributed by atoms with Gasteiger partial charge in [0.1, 0.15) is 0 Å². The number of carbonyl (C=O) groups excluding carboxylic acids is 1. The maximum Gasteiger partial charge on any atom is 0.237 e. The van der Waals surface area contributed by atoms with Crippen molar-refractivity contribution in [2.24, 2.45) is 0 Å². The van der Waals surface area contributed by atoms with E-state index in [4.69, 9.17) is 0 Å². The topological polar surface area (TPSA) is 41.1 Å². The Morgan fingerprint density at radius 1 is 1.53 bits per heavy atom. The number of rotatable bonds is 3. The lowest BCUT2D eigenvalue weighted by Crippen LogP contribution is -2.47. The highest BCUT2D eigenvalue weighted by molar-refractivity contribution is 7.12. The van der Waals surface area contributed by atoms with Gasteiger partial charge in [-0.2, -0.15) is 0 Å². The van der Waals surface area contributed by atoms with E-state index in [2.05, 4.69) is 29.7 Å². The molecule has 0 aromatic carbocycles. The van der Waals surface area contributed by atoms with Crippen LogP contribution in [0.15, 0.2) is 12.1 Å². The molecule has 1 aromatic rings. The van der Waals surface area contributed by atoms with Gasteiger partial charge < -0.3 is 10.6 Å². The lowest BCUT2D eigenvalue weighted by molar-refractivity contribution is -0.124. The Balaban J connectivity index is 1.89. The third-order valence-corrected chi connectivity index (χ3v) is 4.36. The summed E-state index contributed by atoms with van der Waals surface area (Å²) in [6.45, 7) is 5.10. The molecule has 17 heavy (non-hydrogen) atoms. The van der Waals surface area contributed by atoms with Gasteiger partial charge in [0.2, 0.25) is 5.91 Å². The van der Waals surface area contributed by atoms with Crippen molar-refractivity contribution in [1.82, 2.24) is 10.6 Å². The van der Waals surface area contributed by atoms with Gasteiger partial charge in [-0.15, -0.1) is 11.3 Å². The lowest BCUT2D eigenvalue weighted by Gasteiger charge is -2.24. The molecule has 1 aliphatic heterocycles. The second-order valence-electron chi connectivity index (χ2n) is 4.68. The van der Waals surface area contributed by atoms with Gasteiger partial charge in [0.05, 0.1) is 12.1 Å². The molecule has 1 aromatic heterocycles. The molecule has 0 spiro atoms. The number of nitrogens with one attached hydrogen (secondary N) is 2. The molecule has 4 heteroatoms. The van der Waals surface area contributed by atoms with Crippen molar-refractivity contribution < 1.29 is 4.79 Å². The van der Waals surface area contributed by atoms with Crippen LogP contribution in [0.3, 0.4) is 0 Å². The third kappa shape index (κ3) is 3.30. The number of hydrogen-bond acceptors (Lipinski definition) is 3. The molecule has 94 valence electrons. The fraction of sp³-hybridized carbons (Fsp3) is 0.615. The van der Waals surface area contributed by atoms with E-state index >= 15 is 0 Å². The summed E-state index contributed by atoms with van der Waals surface area (Å²) in [5.74, 6) is 0.142. The number of carbonyl (C=O) groups is 1. The number of piperidine rings is 1.